The SMILES string of the molecule is FC(F)(F)c1cc(NC2CCN(CCOc3ccccc3)C2)ncn1. The van der Waals surface area contributed by atoms with Gasteiger partial charge in [-0.3, -0.25) is 4.90 Å². The van der Waals surface area contributed by atoms with Crippen LogP contribution in [0.5, 0.6) is 5.75 Å². The molecular weight excluding hydrogens is 333 g/mol. The van der Waals surface area contributed by atoms with Crippen molar-refractivity contribution in [3.63, 3.8) is 0 Å². The van der Waals surface area contributed by atoms with E-state index in [1.807, 2.05) is 30.3 Å². The number of rotatable bonds is 6. The second-order valence-electron chi connectivity index (χ2n) is 5.88. The minimum Gasteiger partial charge on any atom is -0.492 e. The maximum Gasteiger partial charge on any atom is 0.433 e. The molecule has 2 aromatic rings. The zero-order valence-corrected chi connectivity index (χ0v) is 13.5. The fraction of sp³-hybridized carbons (Fsp3) is 0.412. The number of likely N-dealkylation sites (tertiary alicyclic amines) is 1. The Morgan fingerprint density at radius 1 is 1.20 bits per heavy atom. The van der Waals surface area contributed by atoms with Crippen molar-refractivity contribution in [1.82, 2.24) is 14.9 Å². The minimum atomic E-state index is -4.46. The molecule has 0 bridgehead atoms. The molecule has 1 aliphatic rings. The molecule has 134 valence electrons. The highest BCUT2D eigenvalue weighted by atomic mass is 19.4. The smallest absolute Gasteiger partial charge is 0.433 e. The molecule has 0 saturated carbocycles. The highest BCUT2D eigenvalue weighted by Gasteiger charge is 2.33. The average Bonchev–Trinajstić information content (AvgIpc) is 3.03. The van der Waals surface area contributed by atoms with Crippen LogP contribution < -0.4 is 10.1 Å². The summed E-state index contributed by atoms with van der Waals surface area (Å²) in [6, 6.07) is 10.6. The van der Waals surface area contributed by atoms with Gasteiger partial charge in [0.15, 0.2) is 0 Å². The number of nitrogens with one attached hydrogen (secondary N) is 1. The van der Waals surface area contributed by atoms with Crippen LogP contribution in [0.3, 0.4) is 0 Å². The van der Waals surface area contributed by atoms with Crippen molar-refractivity contribution in [3.8, 4) is 5.75 Å². The van der Waals surface area contributed by atoms with Crippen LogP contribution in [0, 0.1) is 0 Å². The number of halogens is 3. The minimum absolute atomic E-state index is 0.0627. The summed E-state index contributed by atoms with van der Waals surface area (Å²) in [6.45, 7) is 2.95. The van der Waals surface area contributed by atoms with Crippen LogP contribution in [0.1, 0.15) is 12.1 Å². The third kappa shape index (κ3) is 5.06. The standard InChI is InChI=1S/C17H19F3N4O/c18-17(19,20)15-10-16(22-12-21-15)23-13-6-7-24(11-13)8-9-25-14-4-2-1-3-5-14/h1-5,10,12-13H,6-9,11H2,(H,21,22,23). The molecule has 3 rings (SSSR count). The van der Waals surface area contributed by atoms with Gasteiger partial charge in [0.05, 0.1) is 0 Å². The molecule has 1 unspecified atom stereocenters. The lowest BCUT2D eigenvalue weighted by Gasteiger charge is -2.17. The van der Waals surface area contributed by atoms with Gasteiger partial charge in [-0.2, -0.15) is 13.2 Å². The summed E-state index contributed by atoms with van der Waals surface area (Å²) in [6.07, 6.45) is -2.68. The monoisotopic (exact) mass is 352 g/mol. The van der Waals surface area contributed by atoms with Gasteiger partial charge >= 0.3 is 6.18 Å². The van der Waals surface area contributed by atoms with Gasteiger partial charge in [-0.25, -0.2) is 9.97 Å². The third-order valence-electron chi connectivity index (χ3n) is 4.00. The molecule has 1 atom stereocenters. The van der Waals surface area contributed by atoms with Crippen molar-refractivity contribution in [2.24, 2.45) is 0 Å². The van der Waals surface area contributed by atoms with Crippen molar-refractivity contribution >= 4 is 5.82 Å². The maximum absolute atomic E-state index is 12.7. The summed E-state index contributed by atoms with van der Waals surface area (Å²) < 4.78 is 43.7. The van der Waals surface area contributed by atoms with Crippen LogP contribution in [0.4, 0.5) is 19.0 Å². The molecule has 8 heteroatoms. The first-order valence-electron chi connectivity index (χ1n) is 8.07. The summed E-state index contributed by atoms with van der Waals surface area (Å²) >= 11 is 0. The Kier molecular flexibility index (Phi) is 5.37. The number of hydrogen-bond acceptors (Lipinski definition) is 5. The van der Waals surface area contributed by atoms with E-state index < -0.39 is 11.9 Å². The van der Waals surface area contributed by atoms with E-state index in [2.05, 4.69) is 20.2 Å². The Morgan fingerprint density at radius 2 is 2.00 bits per heavy atom. The van der Waals surface area contributed by atoms with Crippen LogP contribution >= 0.6 is 0 Å². The molecule has 1 aliphatic heterocycles. The predicted octanol–water partition coefficient (Wildman–Crippen LogP) is 3.06. The summed E-state index contributed by atoms with van der Waals surface area (Å²) in [5.41, 5.74) is -0.934. The van der Waals surface area contributed by atoms with Crippen molar-refractivity contribution in [2.75, 3.05) is 31.6 Å². The van der Waals surface area contributed by atoms with E-state index in [1.165, 1.54) is 0 Å². The van der Waals surface area contributed by atoms with E-state index in [4.69, 9.17) is 4.74 Å². The van der Waals surface area contributed by atoms with Crippen molar-refractivity contribution in [1.29, 1.82) is 0 Å². The quantitative estimate of drug-likeness (QED) is 0.866. The average molecular weight is 352 g/mol. The first-order chi connectivity index (χ1) is 12.0. The van der Waals surface area contributed by atoms with Crippen molar-refractivity contribution in [3.05, 3.63) is 48.4 Å². The molecule has 2 heterocycles. The fourth-order valence-corrected chi connectivity index (χ4v) is 2.76. The molecule has 1 aromatic heterocycles. The van der Waals surface area contributed by atoms with Gasteiger partial charge in [-0.15, -0.1) is 0 Å². The first-order valence-corrected chi connectivity index (χ1v) is 8.07. The molecule has 0 radical (unpaired) electrons. The lowest BCUT2D eigenvalue weighted by atomic mass is 10.2. The Bertz CT molecular complexity index is 681. The normalized spacial score (nSPS) is 18.3. The highest BCUT2D eigenvalue weighted by molar-refractivity contribution is 5.37. The number of aromatic nitrogens is 2. The lowest BCUT2D eigenvalue weighted by molar-refractivity contribution is -0.141. The van der Waals surface area contributed by atoms with Crippen molar-refractivity contribution in [2.45, 2.75) is 18.6 Å². The number of para-hydroxylation sites is 1. The van der Waals surface area contributed by atoms with E-state index in [1.54, 1.807) is 0 Å². The summed E-state index contributed by atoms with van der Waals surface area (Å²) in [5, 5.41) is 3.06. The summed E-state index contributed by atoms with van der Waals surface area (Å²) in [5.74, 6) is 1.03. The lowest BCUT2D eigenvalue weighted by Crippen LogP contribution is -2.29. The first kappa shape index (κ1) is 17.5. The molecule has 1 N–H and O–H groups in total. The molecule has 0 spiro atoms. The Balaban J connectivity index is 1.45. The van der Waals surface area contributed by atoms with Gasteiger partial charge < -0.3 is 10.1 Å². The van der Waals surface area contributed by atoms with Gasteiger partial charge in [0.25, 0.3) is 0 Å². The molecule has 1 aromatic carbocycles. The summed E-state index contributed by atoms with van der Waals surface area (Å²) in [4.78, 5) is 9.36. The van der Waals surface area contributed by atoms with Gasteiger partial charge in [-0.05, 0) is 18.6 Å². The molecule has 0 aliphatic carbocycles. The van der Waals surface area contributed by atoms with Crippen LogP contribution in [-0.4, -0.2) is 47.2 Å². The maximum atomic E-state index is 12.7. The number of benzene rings is 1. The highest BCUT2D eigenvalue weighted by Crippen LogP contribution is 2.28. The third-order valence-corrected chi connectivity index (χ3v) is 4.00. The van der Waals surface area contributed by atoms with E-state index in [0.717, 1.165) is 44.2 Å². The molecule has 25 heavy (non-hydrogen) atoms. The molecule has 5 nitrogen and oxygen atoms in total. The fourth-order valence-electron chi connectivity index (χ4n) is 2.76. The molecule has 0 amide bonds. The van der Waals surface area contributed by atoms with E-state index in [0.29, 0.717) is 6.61 Å². The molecular formula is C17H19F3N4O. The predicted molar refractivity (Wildman–Crippen MR) is 87.4 cm³/mol. The van der Waals surface area contributed by atoms with E-state index in [-0.39, 0.29) is 11.9 Å². The Hall–Kier alpha value is -2.35. The van der Waals surface area contributed by atoms with Gasteiger partial charge in [-0.1, -0.05) is 18.2 Å². The number of ether oxygens (including phenoxy) is 1. The molecule has 1 fully saturated rings. The van der Waals surface area contributed by atoms with Crippen LogP contribution in [0.15, 0.2) is 42.7 Å². The summed E-state index contributed by atoms with van der Waals surface area (Å²) in [7, 11) is 0. The number of nitrogens with zero attached hydrogens (tertiary/aromatic N) is 3. The number of alkyl halides is 3. The Labute approximate surface area is 143 Å². The van der Waals surface area contributed by atoms with E-state index in [9.17, 15) is 13.2 Å². The topological polar surface area (TPSA) is 50.3 Å². The van der Waals surface area contributed by atoms with Gasteiger partial charge in [0, 0.05) is 31.7 Å². The zero-order chi connectivity index (χ0) is 17.7. The van der Waals surface area contributed by atoms with E-state index >= 15 is 0 Å². The van der Waals surface area contributed by atoms with Crippen LogP contribution in [-0.2, 0) is 6.18 Å². The van der Waals surface area contributed by atoms with Crippen LogP contribution in [0.25, 0.3) is 0 Å². The number of anilines is 1. The Morgan fingerprint density at radius 3 is 2.76 bits per heavy atom. The van der Waals surface area contributed by atoms with Gasteiger partial charge in [0.1, 0.15) is 30.2 Å². The number of hydrogen-bond donors (Lipinski definition) is 1. The largest absolute Gasteiger partial charge is 0.492 e. The molecule has 1 saturated heterocycles. The van der Waals surface area contributed by atoms with Crippen LogP contribution in [0.2, 0.25) is 0 Å². The second kappa shape index (κ2) is 7.69. The zero-order valence-electron chi connectivity index (χ0n) is 13.5. The second-order valence-corrected chi connectivity index (χ2v) is 5.88. The van der Waals surface area contributed by atoms with Gasteiger partial charge in [0.2, 0.25) is 0 Å². The van der Waals surface area contributed by atoms with Crippen molar-refractivity contribution < 1.29 is 17.9 Å².